The third kappa shape index (κ3) is 3.70. The highest BCUT2D eigenvalue weighted by Crippen LogP contribution is 2.34. The standard InChI is InChI=1S/C19H23ClFN3O2/c1-12-16(20)15-13(21)6-5-7-14(15)22-17(12)23-8-10-24(11-9-23)18(25)26-19(2,3)4/h5-7H,8-11H2,1-4H3. The molecule has 26 heavy (non-hydrogen) atoms. The molecule has 1 fully saturated rings. The number of rotatable bonds is 1. The second-order valence-electron chi connectivity index (χ2n) is 7.46. The van der Waals surface area contributed by atoms with E-state index in [1.54, 1.807) is 17.0 Å². The minimum atomic E-state index is -0.512. The van der Waals surface area contributed by atoms with Gasteiger partial charge in [-0.2, -0.15) is 0 Å². The fraction of sp³-hybridized carbons (Fsp3) is 0.474. The van der Waals surface area contributed by atoms with Crippen LogP contribution in [-0.4, -0.2) is 47.8 Å². The van der Waals surface area contributed by atoms with E-state index >= 15 is 0 Å². The van der Waals surface area contributed by atoms with Crippen LogP contribution >= 0.6 is 11.6 Å². The molecule has 7 heteroatoms. The molecule has 0 saturated carbocycles. The molecule has 1 aromatic heterocycles. The highest BCUT2D eigenvalue weighted by Gasteiger charge is 2.27. The summed E-state index contributed by atoms with van der Waals surface area (Å²) in [6, 6.07) is 4.76. The molecule has 0 aliphatic carbocycles. The van der Waals surface area contributed by atoms with Gasteiger partial charge in [0.05, 0.1) is 15.9 Å². The van der Waals surface area contributed by atoms with Crippen molar-refractivity contribution in [2.75, 3.05) is 31.1 Å². The summed E-state index contributed by atoms with van der Waals surface area (Å²) in [5, 5.41) is 0.737. The van der Waals surface area contributed by atoms with Crippen molar-refractivity contribution in [1.29, 1.82) is 0 Å². The topological polar surface area (TPSA) is 45.7 Å². The van der Waals surface area contributed by atoms with Crippen LogP contribution in [0.5, 0.6) is 0 Å². The zero-order valence-electron chi connectivity index (χ0n) is 15.5. The Morgan fingerprint density at radius 2 is 1.88 bits per heavy atom. The molecule has 3 rings (SSSR count). The predicted molar refractivity (Wildman–Crippen MR) is 101 cm³/mol. The van der Waals surface area contributed by atoms with E-state index in [0.29, 0.717) is 42.1 Å². The van der Waals surface area contributed by atoms with Gasteiger partial charge in [-0.05, 0) is 39.8 Å². The van der Waals surface area contributed by atoms with Crippen molar-refractivity contribution in [2.45, 2.75) is 33.3 Å². The normalized spacial score (nSPS) is 15.5. The monoisotopic (exact) mass is 379 g/mol. The second kappa shape index (κ2) is 6.91. The Kier molecular flexibility index (Phi) is 4.97. The van der Waals surface area contributed by atoms with E-state index in [0.717, 1.165) is 11.4 Å². The molecule has 0 radical (unpaired) electrons. The molecule has 1 saturated heterocycles. The highest BCUT2D eigenvalue weighted by atomic mass is 35.5. The van der Waals surface area contributed by atoms with E-state index in [2.05, 4.69) is 9.88 Å². The lowest BCUT2D eigenvalue weighted by molar-refractivity contribution is 0.0240. The van der Waals surface area contributed by atoms with Crippen molar-refractivity contribution < 1.29 is 13.9 Å². The number of ether oxygens (including phenoxy) is 1. The summed E-state index contributed by atoms with van der Waals surface area (Å²) in [6.07, 6.45) is -0.305. The van der Waals surface area contributed by atoms with Gasteiger partial charge in [0.1, 0.15) is 17.2 Å². The van der Waals surface area contributed by atoms with E-state index in [1.807, 2.05) is 27.7 Å². The first-order valence-corrected chi connectivity index (χ1v) is 9.02. The Balaban J connectivity index is 1.80. The first kappa shape index (κ1) is 18.7. The van der Waals surface area contributed by atoms with Gasteiger partial charge in [-0.1, -0.05) is 17.7 Å². The summed E-state index contributed by atoms with van der Waals surface area (Å²) in [7, 11) is 0. The molecule has 2 aromatic rings. The molecule has 1 aliphatic rings. The number of piperazine rings is 1. The van der Waals surface area contributed by atoms with E-state index in [4.69, 9.17) is 16.3 Å². The summed E-state index contributed by atoms with van der Waals surface area (Å²) in [4.78, 5) is 20.6. The molecule has 140 valence electrons. The van der Waals surface area contributed by atoms with E-state index in [1.165, 1.54) is 6.07 Å². The Morgan fingerprint density at radius 1 is 1.23 bits per heavy atom. The van der Waals surface area contributed by atoms with Crippen LogP contribution in [0.3, 0.4) is 0 Å². The first-order valence-electron chi connectivity index (χ1n) is 8.64. The molecule has 2 heterocycles. The number of anilines is 1. The minimum absolute atomic E-state index is 0.305. The van der Waals surface area contributed by atoms with Gasteiger partial charge in [-0.25, -0.2) is 14.2 Å². The average Bonchev–Trinajstić information content (AvgIpc) is 2.56. The van der Waals surface area contributed by atoms with Crippen LogP contribution in [0.2, 0.25) is 5.02 Å². The molecule has 0 N–H and O–H groups in total. The van der Waals surface area contributed by atoms with Gasteiger partial charge in [0.15, 0.2) is 0 Å². The zero-order valence-corrected chi connectivity index (χ0v) is 16.2. The van der Waals surface area contributed by atoms with E-state index in [-0.39, 0.29) is 11.9 Å². The average molecular weight is 380 g/mol. The number of carbonyl (C=O) groups excluding carboxylic acids is 1. The molecule has 0 atom stereocenters. The molecule has 0 spiro atoms. The summed E-state index contributed by atoms with van der Waals surface area (Å²) < 4.78 is 19.5. The SMILES string of the molecule is Cc1c(N2CCN(C(=O)OC(C)(C)C)CC2)nc2cccc(F)c2c1Cl. The van der Waals surface area contributed by atoms with Gasteiger partial charge >= 0.3 is 6.09 Å². The number of carbonyl (C=O) groups is 1. The Labute approximate surface area is 157 Å². The number of halogens is 2. The lowest BCUT2D eigenvalue weighted by Crippen LogP contribution is -2.50. The van der Waals surface area contributed by atoms with Crippen molar-refractivity contribution >= 4 is 34.4 Å². The zero-order chi connectivity index (χ0) is 19.1. The Morgan fingerprint density at radius 3 is 2.50 bits per heavy atom. The molecule has 1 amide bonds. The lowest BCUT2D eigenvalue weighted by Gasteiger charge is -2.36. The number of nitrogens with zero attached hydrogens (tertiary/aromatic N) is 3. The number of benzene rings is 1. The lowest BCUT2D eigenvalue weighted by atomic mass is 10.1. The maximum absolute atomic E-state index is 14.1. The predicted octanol–water partition coefficient (Wildman–Crippen LogP) is 4.39. The van der Waals surface area contributed by atoms with Crippen molar-refractivity contribution in [3.05, 3.63) is 34.6 Å². The fourth-order valence-corrected chi connectivity index (χ4v) is 3.31. The molecule has 0 bridgehead atoms. The van der Waals surface area contributed by atoms with Crippen LogP contribution in [0.1, 0.15) is 26.3 Å². The number of aromatic nitrogens is 1. The minimum Gasteiger partial charge on any atom is -0.444 e. The third-order valence-electron chi connectivity index (χ3n) is 4.33. The quantitative estimate of drug-likeness (QED) is 0.737. The Bertz CT molecular complexity index is 843. The molecule has 5 nitrogen and oxygen atoms in total. The molecule has 1 aromatic carbocycles. The summed E-state index contributed by atoms with van der Waals surface area (Å²) in [6.45, 7) is 9.70. The number of fused-ring (bicyclic) bond motifs is 1. The highest BCUT2D eigenvalue weighted by molar-refractivity contribution is 6.36. The maximum Gasteiger partial charge on any atom is 0.410 e. The van der Waals surface area contributed by atoms with Crippen LogP contribution in [0, 0.1) is 12.7 Å². The van der Waals surface area contributed by atoms with E-state index in [9.17, 15) is 9.18 Å². The smallest absolute Gasteiger partial charge is 0.410 e. The van der Waals surface area contributed by atoms with Crippen molar-refractivity contribution in [2.24, 2.45) is 0 Å². The van der Waals surface area contributed by atoms with Gasteiger partial charge in [0.25, 0.3) is 0 Å². The maximum atomic E-state index is 14.1. The van der Waals surface area contributed by atoms with Crippen molar-refractivity contribution in [1.82, 2.24) is 9.88 Å². The van der Waals surface area contributed by atoms with E-state index < -0.39 is 5.60 Å². The fourth-order valence-electron chi connectivity index (χ4n) is 3.04. The summed E-state index contributed by atoms with van der Waals surface area (Å²) in [5.41, 5.74) is 0.766. The van der Waals surface area contributed by atoms with Gasteiger partial charge < -0.3 is 14.5 Å². The second-order valence-corrected chi connectivity index (χ2v) is 7.84. The van der Waals surface area contributed by atoms with Crippen molar-refractivity contribution in [3.8, 4) is 0 Å². The molecule has 0 unspecified atom stereocenters. The molecule has 1 aliphatic heterocycles. The van der Waals surface area contributed by atoms with Gasteiger partial charge in [-0.15, -0.1) is 0 Å². The van der Waals surface area contributed by atoms with Crippen LogP contribution in [-0.2, 0) is 4.74 Å². The first-order chi connectivity index (χ1) is 12.2. The van der Waals surface area contributed by atoms with Gasteiger partial charge in [-0.3, -0.25) is 0 Å². The largest absolute Gasteiger partial charge is 0.444 e. The number of pyridine rings is 1. The summed E-state index contributed by atoms with van der Waals surface area (Å²) in [5.74, 6) is 0.362. The third-order valence-corrected chi connectivity index (χ3v) is 4.81. The molecular weight excluding hydrogens is 357 g/mol. The van der Waals surface area contributed by atoms with Crippen LogP contribution in [0.4, 0.5) is 15.0 Å². The van der Waals surface area contributed by atoms with Crippen molar-refractivity contribution in [3.63, 3.8) is 0 Å². The number of hydrogen-bond acceptors (Lipinski definition) is 4. The Hall–Kier alpha value is -2.08. The van der Waals surface area contributed by atoms with Gasteiger partial charge in [0, 0.05) is 31.7 Å². The number of amides is 1. The van der Waals surface area contributed by atoms with Crippen LogP contribution in [0.15, 0.2) is 18.2 Å². The summed E-state index contributed by atoms with van der Waals surface area (Å²) >= 11 is 6.42. The van der Waals surface area contributed by atoms with Crippen LogP contribution < -0.4 is 4.90 Å². The molecular formula is C19H23ClFN3O2. The number of hydrogen-bond donors (Lipinski definition) is 0. The van der Waals surface area contributed by atoms with Gasteiger partial charge in [0.2, 0.25) is 0 Å². The van der Waals surface area contributed by atoms with Crippen LogP contribution in [0.25, 0.3) is 10.9 Å².